The van der Waals surface area contributed by atoms with E-state index in [1.165, 1.54) is 12.1 Å². The maximum atomic E-state index is 13.4. The molecular weight excluding hydrogens is 520 g/mol. The van der Waals surface area contributed by atoms with Crippen LogP contribution >= 0.6 is 35.6 Å². The van der Waals surface area contributed by atoms with Gasteiger partial charge in [0, 0.05) is 42.3 Å². The number of halogens is 3. The van der Waals surface area contributed by atoms with Gasteiger partial charge in [-0.3, -0.25) is 9.67 Å². The van der Waals surface area contributed by atoms with Crippen LogP contribution in [0.1, 0.15) is 38.0 Å². The lowest BCUT2D eigenvalue weighted by molar-refractivity contribution is -0.00806. The first kappa shape index (κ1) is 24.9. The molecule has 6 nitrogen and oxygen atoms in total. The van der Waals surface area contributed by atoms with Crippen LogP contribution in [-0.2, 0) is 17.2 Å². The number of morpholine rings is 1. The van der Waals surface area contributed by atoms with Gasteiger partial charge in [0.05, 0.1) is 25.9 Å². The molecule has 1 aromatic carbocycles. The summed E-state index contributed by atoms with van der Waals surface area (Å²) in [5.41, 5.74) is 1.61. The Morgan fingerprint density at radius 1 is 1.43 bits per heavy atom. The van der Waals surface area contributed by atoms with Gasteiger partial charge in [0.2, 0.25) is 0 Å². The van der Waals surface area contributed by atoms with E-state index in [1.807, 2.05) is 19.4 Å². The maximum Gasteiger partial charge on any atom is 0.194 e. The number of aromatic nitrogens is 2. The highest BCUT2D eigenvalue weighted by atomic mass is 127. The summed E-state index contributed by atoms with van der Waals surface area (Å²) in [5.74, 6) is 0.511. The van der Waals surface area contributed by atoms with E-state index in [2.05, 4.69) is 36.1 Å². The summed E-state index contributed by atoms with van der Waals surface area (Å²) >= 11 is 6.29. The predicted molar refractivity (Wildman–Crippen MR) is 129 cm³/mol. The molecule has 1 aromatic heterocycles. The second-order valence-corrected chi connectivity index (χ2v) is 8.34. The summed E-state index contributed by atoms with van der Waals surface area (Å²) in [6, 6.07) is 4.54. The Bertz CT molecular complexity index is 873. The summed E-state index contributed by atoms with van der Waals surface area (Å²) in [5, 5.41) is 8.06. The monoisotopic (exact) mass is 549 g/mol. The summed E-state index contributed by atoms with van der Waals surface area (Å²) in [6.07, 6.45) is 3.79. The first-order chi connectivity index (χ1) is 13.8. The predicted octanol–water partition coefficient (Wildman–Crippen LogP) is 4.15. The third kappa shape index (κ3) is 6.07. The number of guanidine groups is 1. The average Bonchev–Trinajstić information content (AvgIpc) is 3.11. The van der Waals surface area contributed by atoms with Gasteiger partial charge in [-0.1, -0.05) is 31.5 Å². The molecule has 1 N–H and O–H groups in total. The number of ether oxygens (including phenoxy) is 1. The molecule has 1 saturated heterocycles. The molecule has 9 heteroatoms. The van der Waals surface area contributed by atoms with Gasteiger partial charge in [-0.2, -0.15) is 5.10 Å². The van der Waals surface area contributed by atoms with Gasteiger partial charge in [0.1, 0.15) is 11.9 Å². The number of rotatable bonds is 5. The minimum atomic E-state index is -0.333. The van der Waals surface area contributed by atoms with Gasteiger partial charge >= 0.3 is 0 Å². The normalized spacial score (nSPS) is 17.6. The van der Waals surface area contributed by atoms with Crippen molar-refractivity contribution in [1.82, 2.24) is 20.0 Å². The molecule has 1 aliphatic heterocycles. The van der Waals surface area contributed by atoms with Crippen LogP contribution in [0, 0.1) is 5.82 Å². The van der Waals surface area contributed by atoms with E-state index in [-0.39, 0.29) is 41.3 Å². The topological polar surface area (TPSA) is 54.7 Å². The molecule has 0 amide bonds. The van der Waals surface area contributed by atoms with Crippen LogP contribution < -0.4 is 5.32 Å². The van der Waals surface area contributed by atoms with E-state index in [9.17, 15) is 4.39 Å². The summed E-state index contributed by atoms with van der Waals surface area (Å²) < 4.78 is 21.2. The van der Waals surface area contributed by atoms with Crippen molar-refractivity contribution < 1.29 is 9.13 Å². The molecule has 30 heavy (non-hydrogen) atoms. The molecule has 1 atom stereocenters. The first-order valence-corrected chi connectivity index (χ1v) is 10.3. The van der Waals surface area contributed by atoms with Crippen LogP contribution in [0.2, 0.25) is 5.02 Å². The minimum absolute atomic E-state index is 0. The number of benzene rings is 1. The highest BCUT2D eigenvalue weighted by molar-refractivity contribution is 14.0. The lowest BCUT2D eigenvalue weighted by Gasteiger charge is -2.35. The minimum Gasteiger partial charge on any atom is -0.370 e. The quantitative estimate of drug-likeness (QED) is 0.346. The van der Waals surface area contributed by atoms with E-state index in [4.69, 9.17) is 21.3 Å². The summed E-state index contributed by atoms with van der Waals surface area (Å²) in [4.78, 5) is 7.10. The van der Waals surface area contributed by atoms with E-state index >= 15 is 0 Å². The van der Waals surface area contributed by atoms with Crippen molar-refractivity contribution in [3.63, 3.8) is 0 Å². The van der Waals surface area contributed by atoms with Gasteiger partial charge in [0.15, 0.2) is 5.96 Å². The molecule has 0 bridgehead atoms. The van der Waals surface area contributed by atoms with Gasteiger partial charge in [-0.05, 0) is 24.6 Å². The van der Waals surface area contributed by atoms with Crippen LogP contribution in [0.15, 0.2) is 35.6 Å². The van der Waals surface area contributed by atoms with E-state index < -0.39 is 0 Å². The fraction of sp³-hybridized carbons (Fsp3) is 0.524. The van der Waals surface area contributed by atoms with Crippen LogP contribution in [-0.4, -0.2) is 53.4 Å². The second kappa shape index (κ2) is 10.8. The standard InChI is InChI=1S/C21H29ClFN5O.HI/c1-5-24-20(25-14-21(2,3)17-7-6-16(23)10-18(17)22)28-8-9-29-19(13-28)15-11-26-27(4)12-15;/h6-7,10-12,19H,5,8-9,13-14H2,1-4H3,(H,24,25);1H. The maximum absolute atomic E-state index is 13.4. The van der Waals surface area contributed by atoms with Crippen LogP contribution in [0.5, 0.6) is 0 Å². The van der Waals surface area contributed by atoms with Crippen molar-refractivity contribution >= 4 is 41.5 Å². The Labute approximate surface area is 199 Å². The van der Waals surface area contributed by atoms with Crippen LogP contribution in [0.4, 0.5) is 4.39 Å². The van der Waals surface area contributed by atoms with Crippen molar-refractivity contribution in [2.45, 2.75) is 32.3 Å². The third-order valence-electron chi connectivity index (χ3n) is 5.08. The zero-order valence-corrected chi connectivity index (χ0v) is 20.9. The molecule has 0 aliphatic carbocycles. The number of hydrogen-bond donors (Lipinski definition) is 1. The Balaban J connectivity index is 0.00000320. The molecule has 2 aromatic rings. The molecule has 1 unspecified atom stereocenters. The molecule has 0 saturated carbocycles. The molecule has 0 radical (unpaired) electrons. The Hall–Kier alpha value is -1.39. The molecule has 2 heterocycles. The summed E-state index contributed by atoms with van der Waals surface area (Å²) in [6.45, 7) is 9.57. The van der Waals surface area contributed by atoms with Crippen molar-refractivity contribution in [3.05, 3.63) is 52.6 Å². The van der Waals surface area contributed by atoms with Crippen molar-refractivity contribution in [1.29, 1.82) is 0 Å². The molecule has 166 valence electrons. The van der Waals surface area contributed by atoms with Crippen LogP contribution in [0.25, 0.3) is 0 Å². The van der Waals surface area contributed by atoms with E-state index in [1.54, 1.807) is 10.7 Å². The number of hydrogen-bond acceptors (Lipinski definition) is 3. The second-order valence-electron chi connectivity index (χ2n) is 7.93. The number of aliphatic imine (C=N–C) groups is 1. The summed E-state index contributed by atoms with van der Waals surface area (Å²) in [7, 11) is 1.90. The van der Waals surface area contributed by atoms with E-state index in [0.29, 0.717) is 24.7 Å². The molecular formula is C21H30ClFIN5O. The fourth-order valence-corrected chi connectivity index (χ4v) is 3.89. The van der Waals surface area contributed by atoms with Crippen molar-refractivity contribution in [2.24, 2.45) is 12.0 Å². The largest absolute Gasteiger partial charge is 0.370 e. The Kier molecular flexibility index (Phi) is 8.93. The first-order valence-electron chi connectivity index (χ1n) is 9.89. The van der Waals surface area contributed by atoms with Gasteiger partial charge in [-0.25, -0.2) is 4.39 Å². The molecule has 0 spiro atoms. The average molecular weight is 550 g/mol. The van der Waals surface area contributed by atoms with Gasteiger partial charge in [-0.15, -0.1) is 24.0 Å². The Morgan fingerprint density at radius 3 is 2.83 bits per heavy atom. The highest BCUT2D eigenvalue weighted by Crippen LogP contribution is 2.31. The van der Waals surface area contributed by atoms with Crippen molar-refractivity contribution in [2.75, 3.05) is 32.8 Å². The smallest absolute Gasteiger partial charge is 0.194 e. The van der Waals surface area contributed by atoms with Gasteiger partial charge in [0.25, 0.3) is 0 Å². The molecule has 1 aliphatic rings. The highest BCUT2D eigenvalue weighted by Gasteiger charge is 2.27. The van der Waals surface area contributed by atoms with Gasteiger partial charge < -0.3 is 15.0 Å². The number of nitrogens with zero attached hydrogens (tertiary/aromatic N) is 4. The SMILES string of the molecule is CCNC(=NCC(C)(C)c1ccc(F)cc1Cl)N1CCOC(c2cnn(C)c2)C1.I. The van der Waals surface area contributed by atoms with E-state index in [0.717, 1.165) is 30.2 Å². The molecule has 3 rings (SSSR count). The number of aryl methyl sites for hydroxylation is 1. The number of nitrogens with one attached hydrogen (secondary N) is 1. The van der Waals surface area contributed by atoms with Crippen LogP contribution in [0.3, 0.4) is 0 Å². The Morgan fingerprint density at radius 2 is 2.20 bits per heavy atom. The fourth-order valence-electron chi connectivity index (χ4n) is 3.47. The van der Waals surface area contributed by atoms with Crippen molar-refractivity contribution in [3.8, 4) is 0 Å². The zero-order valence-electron chi connectivity index (χ0n) is 17.9. The lowest BCUT2D eigenvalue weighted by Crippen LogP contribution is -2.48. The zero-order chi connectivity index (χ0) is 21.0. The molecule has 1 fully saturated rings. The third-order valence-corrected chi connectivity index (χ3v) is 5.39. The lowest BCUT2D eigenvalue weighted by atomic mass is 9.84.